The van der Waals surface area contributed by atoms with Gasteiger partial charge in [-0.05, 0) is 75.8 Å². The number of alkyl halides is 3. The van der Waals surface area contributed by atoms with E-state index in [2.05, 4.69) is 42.5 Å². The number of fused-ring (bicyclic) bond motifs is 6. The van der Waals surface area contributed by atoms with Crippen LogP contribution in [0.1, 0.15) is 11.1 Å². The Kier molecular flexibility index (Phi) is 7.65. The molecule has 6 heteroatoms. The van der Waals surface area contributed by atoms with Gasteiger partial charge in [0.1, 0.15) is 11.6 Å². The predicted molar refractivity (Wildman–Crippen MR) is 221 cm³/mol. The number of hydrogen-bond acceptors (Lipinski definition) is 1. The van der Waals surface area contributed by atoms with Crippen molar-refractivity contribution in [2.75, 3.05) is 0 Å². The predicted octanol–water partition coefficient (Wildman–Crippen LogP) is 13.8. The molecule has 0 radical (unpaired) electrons. The summed E-state index contributed by atoms with van der Waals surface area (Å²) in [5.74, 6) is 0. The van der Waals surface area contributed by atoms with Gasteiger partial charge in [-0.25, -0.2) is 0 Å². The molecular weight excluding hydrogens is 700 g/mol. The van der Waals surface area contributed by atoms with Gasteiger partial charge in [0.25, 0.3) is 0 Å². The molecule has 10 aromatic rings. The van der Waals surface area contributed by atoms with E-state index in [0.29, 0.717) is 22.5 Å². The van der Waals surface area contributed by atoms with Crippen LogP contribution in [0.3, 0.4) is 0 Å². The van der Waals surface area contributed by atoms with Gasteiger partial charge in [-0.3, -0.25) is 0 Å². The van der Waals surface area contributed by atoms with E-state index < -0.39 is 11.7 Å². The maximum Gasteiger partial charge on any atom is 0.417 e. The number of benzene rings is 8. The van der Waals surface area contributed by atoms with E-state index in [-0.39, 0.29) is 5.56 Å². The first-order valence-corrected chi connectivity index (χ1v) is 18.3. The third-order valence-corrected chi connectivity index (χ3v) is 10.8. The second-order valence-corrected chi connectivity index (χ2v) is 13.9. The third kappa shape index (κ3) is 5.28. The van der Waals surface area contributed by atoms with Gasteiger partial charge in [-0.15, -0.1) is 0 Å². The molecule has 0 saturated heterocycles. The molecule has 8 aromatic carbocycles. The Bertz CT molecular complexity index is 3010. The highest BCUT2D eigenvalue weighted by Crippen LogP contribution is 2.44. The lowest BCUT2D eigenvalue weighted by Gasteiger charge is -2.20. The smallest absolute Gasteiger partial charge is 0.308 e. The van der Waals surface area contributed by atoms with Crippen LogP contribution in [0.5, 0.6) is 0 Å². The normalized spacial score (nSPS) is 11.8. The van der Waals surface area contributed by atoms with Crippen LogP contribution in [0.2, 0.25) is 0 Å². The Morgan fingerprint density at radius 3 is 1.30 bits per heavy atom. The summed E-state index contributed by atoms with van der Waals surface area (Å²) in [5, 5.41) is 15.2. The van der Waals surface area contributed by atoms with Gasteiger partial charge in [0, 0.05) is 21.5 Å². The first-order valence-electron chi connectivity index (χ1n) is 18.3. The molecule has 0 fully saturated rings. The fourth-order valence-corrected chi connectivity index (χ4v) is 8.30. The number of nitrogens with zero attached hydrogens (tertiary/aromatic N) is 3. The lowest BCUT2D eigenvalue weighted by atomic mass is 9.95. The van der Waals surface area contributed by atoms with Crippen LogP contribution in [0.25, 0.3) is 88.4 Å². The lowest BCUT2D eigenvalue weighted by Crippen LogP contribution is -2.09. The second kappa shape index (κ2) is 12.9. The first kappa shape index (κ1) is 33.2. The van der Waals surface area contributed by atoms with Crippen molar-refractivity contribution >= 4 is 43.6 Å². The molecular formula is C50H30F3N3. The van der Waals surface area contributed by atoms with Gasteiger partial charge in [-0.2, -0.15) is 18.4 Å². The SMILES string of the molecule is N#Cc1c(-n2c3ccccc3c3ccc(-c4ccccc4)cc32)cc(-c2ccccc2C(F)(F)F)cc1-n1c2ccccc2c2ccc(-c3ccccc3)cc21. The minimum atomic E-state index is -4.61. The van der Waals surface area contributed by atoms with Crippen molar-refractivity contribution in [2.45, 2.75) is 6.18 Å². The molecule has 10 rings (SSSR count). The molecule has 0 aliphatic rings. The molecule has 0 spiro atoms. The first-order chi connectivity index (χ1) is 27.4. The molecule has 56 heavy (non-hydrogen) atoms. The molecule has 2 heterocycles. The van der Waals surface area contributed by atoms with Crippen molar-refractivity contribution in [1.82, 2.24) is 9.13 Å². The Morgan fingerprint density at radius 1 is 0.393 bits per heavy atom. The number of rotatable bonds is 5. The Labute approximate surface area is 320 Å². The number of nitriles is 1. The summed E-state index contributed by atoms with van der Waals surface area (Å²) in [4.78, 5) is 0. The largest absolute Gasteiger partial charge is 0.417 e. The average Bonchev–Trinajstić information content (AvgIpc) is 3.75. The van der Waals surface area contributed by atoms with Crippen molar-refractivity contribution in [2.24, 2.45) is 0 Å². The minimum absolute atomic E-state index is 0.0310. The van der Waals surface area contributed by atoms with Crippen LogP contribution < -0.4 is 0 Å². The van der Waals surface area contributed by atoms with Crippen LogP contribution in [0.4, 0.5) is 13.2 Å². The summed E-state index contributed by atoms with van der Waals surface area (Å²) in [6, 6.07) is 60.3. The number of para-hydroxylation sites is 2. The van der Waals surface area contributed by atoms with Gasteiger partial charge in [-0.1, -0.05) is 140 Å². The Hall–Kier alpha value is -7.36. The fraction of sp³-hybridized carbons (Fsp3) is 0.0200. The second-order valence-electron chi connectivity index (χ2n) is 13.9. The summed E-state index contributed by atoms with van der Waals surface area (Å²) in [5.41, 5.74) is 8.30. The molecule has 3 nitrogen and oxygen atoms in total. The van der Waals surface area contributed by atoms with E-state index in [9.17, 15) is 18.4 Å². The van der Waals surface area contributed by atoms with E-state index in [1.54, 1.807) is 18.2 Å². The molecule has 0 N–H and O–H groups in total. The molecule has 0 unspecified atom stereocenters. The van der Waals surface area contributed by atoms with Crippen LogP contribution >= 0.6 is 0 Å². The molecule has 0 saturated carbocycles. The van der Waals surface area contributed by atoms with Gasteiger partial charge < -0.3 is 9.13 Å². The summed E-state index contributed by atoms with van der Waals surface area (Å²) in [7, 11) is 0. The highest BCUT2D eigenvalue weighted by atomic mass is 19.4. The zero-order valence-corrected chi connectivity index (χ0v) is 29.8. The van der Waals surface area contributed by atoms with Crippen molar-refractivity contribution in [3.63, 3.8) is 0 Å². The lowest BCUT2D eigenvalue weighted by molar-refractivity contribution is -0.137. The van der Waals surface area contributed by atoms with Crippen molar-refractivity contribution in [3.8, 4) is 50.8 Å². The molecule has 0 bridgehead atoms. The number of halogens is 3. The van der Waals surface area contributed by atoms with E-state index in [1.165, 1.54) is 12.1 Å². The summed E-state index contributed by atoms with van der Waals surface area (Å²) < 4.78 is 48.5. The third-order valence-electron chi connectivity index (χ3n) is 10.8. The van der Waals surface area contributed by atoms with Crippen LogP contribution in [-0.2, 0) is 6.18 Å². The van der Waals surface area contributed by atoms with Gasteiger partial charge >= 0.3 is 6.18 Å². The number of aromatic nitrogens is 2. The Morgan fingerprint density at radius 2 is 0.821 bits per heavy atom. The molecule has 2 aromatic heterocycles. The highest BCUT2D eigenvalue weighted by Gasteiger charge is 2.34. The maximum absolute atomic E-state index is 14.8. The van der Waals surface area contributed by atoms with Gasteiger partial charge in [0.2, 0.25) is 0 Å². The fourth-order valence-electron chi connectivity index (χ4n) is 8.30. The van der Waals surface area contributed by atoms with E-state index in [0.717, 1.165) is 71.9 Å². The van der Waals surface area contributed by atoms with Gasteiger partial charge in [0.15, 0.2) is 0 Å². The van der Waals surface area contributed by atoms with Crippen molar-refractivity contribution < 1.29 is 13.2 Å². The zero-order chi connectivity index (χ0) is 38.0. The molecule has 0 amide bonds. The van der Waals surface area contributed by atoms with Crippen molar-refractivity contribution in [3.05, 3.63) is 193 Å². The quantitative estimate of drug-likeness (QED) is 0.174. The highest BCUT2D eigenvalue weighted by molar-refractivity contribution is 6.12. The van der Waals surface area contributed by atoms with Gasteiger partial charge in [0.05, 0.1) is 39.0 Å². The van der Waals surface area contributed by atoms with Crippen LogP contribution in [0, 0.1) is 11.3 Å². The molecule has 0 atom stereocenters. The Balaban J connectivity index is 1.37. The van der Waals surface area contributed by atoms with Crippen LogP contribution in [-0.4, -0.2) is 9.13 Å². The van der Waals surface area contributed by atoms with E-state index in [1.807, 2.05) is 118 Å². The van der Waals surface area contributed by atoms with E-state index >= 15 is 0 Å². The van der Waals surface area contributed by atoms with Crippen LogP contribution in [0.15, 0.2) is 182 Å². The maximum atomic E-state index is 14.8. The summed E-state index contributed by atoms with van der Waals surface area (Å²) in [6.07, 6.45) is -4.61. The standard InChI is InChI=1S/C50H30F3N3/c51-50(52,53)43-20-10-7-17-37(43)36-29-48(55-44-21-11-8-18-38(44)40-25-23-34(27-46(40)55)32-13-3-1-4-14-32)42(31-54)49(30-36)56-45-22-12-9-19-39(45)41-26-24-35(28-47(41)56)33-15-5-2-6-16-33/h1-30H. The zero-order valence-electron chi connectivity index (χ0n) is 29.8. The molecule has 0 aliphatic heterocycles. The monoisotopic (exact) mass is 729 g/mol. The summed E-state index contributed by atoms with van der Waals surface area (Å²) in [6.45, 7) is 0. The summed E-state index contributed by atoms with van der Waals surface area (Å²) >= 11 is 0. The van der Waals surface area contributed by atoms with Crippen molar-refractivity contribution in [1.29, 1.82) is 5.26 Å². The molecule has 0 aliphatic carbocycles. The minimum Gasteiger partial charge on any atom is -0.308 e. The number of hydrogen-bond donors (Lipinski definition) is 0. The average molecular weight is 730 g/mol. The topological polar surface area (TPSA) is 33.6 Å². The molecule has 266 valence electrons. The van der Waals surface area contributed by atoms with E-state index in [4.69, 9.17) is 0 Å².